The highest BCUT2D eigenvalue weighted by Gasteiger charge is 2.24. The quantitative estimate of drug-likeness (QED) is 0.810. The number of aromatic nitrogens is 2. The molecule has 0 aliphatic heterocycles. The molecule has 0 radical (unpaired) electrons. The molecule has 16 heavy (non-hydrogen) atoms. The van der Waals surface area contributed by atoms with Crippen molar-refractivity contribution in [2.75, 3.05) is 5.32 Å². The van der Waals surface area contributed by atoms with Gasteiger partial charge in [0.1, 0.15) is 12.1 Å². The first-order valence-corrected chi connectivity index (χ1v) is 5.48. The molecule has 0 bridgehead atoms. The zero-order chi connectivity index (χ0) is 11.5. The van der Waals surface area contributed by atoms with E-state index >= 15 is 0 Å². The van der Waals surface area contributed by atoms with Crippen LogP contribution in [-0.2, 0) is 0 Å². The van der Waals surface area contributed by atoms with E-state index < -0.39 is 5.97 Å². The van der Waals surface area contributed by atoms with E-state index in [2.05, 4.69) is 22.2 Å². The maximum atomic E-state index is 10.7. The molecule has 0 aromatic carbocycles. The number of hydrogen-bond donors (Lipinski definition) is 2. The van der Waals surface area contributed by atoms with Gasteiger partial charge in [-0.2, -0.15) is 0 Å². The van der Waals surface area contributed by atoms with E-state index in [1.54, 1.807) is 0 Å². The molecule has 1 saturated carbocycles. The van der Waals surface area contributed by atoms with E-state index in [0.29, 0.717) is 17.8 Å². The Balaban J connectivity index is 2.02. The van der Waals surface area contributed by atoms with Crippen LogP contribution in [0.2, 0.25) is 0 Å². The lowest BCUT2D eigenvalue weighted by Crippen LogP contribution is -2.31. The first kappa shape index (κ1) is 10.9. The van der Waals surface area contributed by atoms with Crippen LogP contribution < -0.4 is 5.32 Å². The van der Waals surface area contributed by atoms with Crippen LogP contribution in [-0.4, -0.2) is 27.1 Å². The predicted octanol–water partition coefficient (Wildman–Crippen LogP) is 1.78. The van der Waals surface area contributed by atoms with Crippen LogP contribution in [0.3, 0.4) is 0 Å². The molecule has 0 amide bonds. The molecule has 1 aliphatic rings. The summed E-state index contributed by atoms with van der Waals surface area (Å²) < 4.78 is 0. The molecular formula is C11H15N3O2. The van der Waals surface area contributed by atoms with E-state index in [9.17, 15) is 4.79 Å². The van der Waals surface area contributed by atoms with E-state index in [0.717, 1.165) is 0 Å². The van der Waals surface area contributed by atoms with Crippen LogP contribution in [0.5, 0.6) is 0 Å². The van der Waals surface area contributed by atoms with Gasteiger partial charge in [-0.25, -0.2) is 14.8 Å². The molecule has 5 heteroatoms. The summed E-state index contributed by atoms with van der Waals surface area (Å²) in [6, 6.07) is 1.81. The van der Waals surface area contributed by atoms with Crippen LogP contribution in [0, 0.1) is 5.92 Å². The number of anilines is 1. The third kappa shape index (κ3) is 2.29. The van der Waals surface area contributed by atoms with Gasteiger partial charge in [-0.05, 0) is 25.7 Å². The summed E-state index contributed by atoms with van der Waals surface area (Å²) in [7, 11) is 0. The summed E-state index contributed by atoms with van der Waals surface area (Å²) in [5.41, 5.74) is 0.0262. The largest absolute Gasteiger partial charge is 0.477 e. The van der Waals surface area contributed by atoms with Crippen molar-refractivity contribution in [2.45, 2.75) is 32.2 Å². The third-order valence-corrected chi connectivity index (χ3v) is 3.12. The van der Waals surface area contributed by atoms with Gasteiger partial charge < -0.3 is 10.4 Å². The topological polar surface area (TPSA) is 75.1 Å². The van der Waals surface area contributed by atoms with E-state index in [-0.39, 0.29) is 5.69 Å². The van der Waals surface area contributed by atoms with Crippen molar-refractivity contribution >= 4 is 11.8 Å². The van der Waals surface area contributed by atoms with Gasteiger partial charge in [0.15, 0.2) is 5.69 Å². The lowest BCUT2D eigenvalue weighted by Gasteiger charge is -2.32. The highest BCUT2D eigenvalue weighted by molar-refractivity contribution is 5.85. The first-order valence-electron chi connectivity index (χ1n) is 5.48. The highest BCUT2D eigenvalue weighted by atomic mass is 16.4. The van der Waals surface area contributed by atoms with Crippen molar-refractivity contribution in [1.82, 2.24) is 9.97 Å². The van der Waals surface area contributed by atoms with Crippen molar-refractivity contribution in [3.05, 3.63) is 18.1 Å². The number of carboxylic acids is 1. The molecule has 1 unspecified atom stereocenters. The molecule has 1 atom stereocenters. The zero-order valence-corrected chi connectivity index (χ0v) is 9.18. The molecule has 2 N–H and O–H groups in total. The molecule has 1 aromatic rings. The molecule has 0 saturated heterocycles. The number of rotatable bonds is 4. The van der Waals surface area contributed by atoms with Gasteiger partial charge in [-0.3, -0.25) is 0 Å². The minimum absolute atomic E-state index is 0.0262. The maximum absolute atomic E-state index is 10.7. The smallest absolute Gasteiger partial charge is 0.354 e. The van der Waals surface area contributed by atoms with Gasteiger partial charge >= 0.3 is 5.97 Å². The second kappa shape index (κ2) is 4.47. The van der Waals surface area contributed by atoms with Gasteiger partial charge in [0, 0.05) is 12.1 Å². The average Bonchev–Trinajstić information content (AvgIpc) is 2.15. The molecule has 1 heterocycles. The Morgan fingerprint density at radius 2 is 2.31 bits per heavy atom. The lowest BCUT2D eigenvalue weighted by atomic mass is 9.80. The Labute approximate surface area is 93.9 Å². The minimum atomic E-state index is -1.03. The zero-order valence-electron chi connectivity index (χ0n) is 9.18. The van der Waals surface area contributed by atoms with Crippen LogP contribution in [0.25, 0.3) is 0 Å². The van der Waals surface area contributed by atoms with E-state index in [1.165, 1.54) is 31.7 Å². The number of nitrogens with zero attached hydrogens (tertiary/aromatic N) is 2. The lowest BCUT2D eigenvalue weighted by molar-refractivity contribution is 0.0690. The van der Waals surface area contributed by atoms with Crippen LogP contribution in [0.1, 0.15) is 36.7 Å². The fourth-order valence-electron chi connectivity index (χ4n) is 1.84. The van der Waals surface area contributed by atoms with Crippen molar-refractivity contribution in [3.63, 3.8) is 0 Å². The van der Waals surface area contributed by atoms with Crippen molar-refractivity contribution in [3.8, 4) is 0 Å². The van der Waals surface area contributed by atoms with Gasteiger partial charge in [-0.1, -0.05) is 6.42 Å². The molecule has 86 valence electrons. The third-order valence-electron chi connectivity index (χ3n) is 3.12. The number of aromatic carboxylic acids is 1. The monoisotopic (exact) mass is 221 g/mol. The summed E-state index contributed by atoms with van der Waals surface area (Å²) in [4.78, 5) is 18.4. The molecule has 0 spiro atoms. The molecule has 1 aliphatic carbocycles. The van der Waals surface area contributed by atoms with Crippen molar-refractivity contribution in [1.29, 1.82) is 0 Å². The molecular weight excluding hydrogens is 206 g/mol. The summed E-state index contributed by atoms with van der Waals surface area (Å²) >= 11 is 0. The fraction of sp³-hybridized carbons (Fsp3) is 0.545. The van der Waals surface area contributed by atoms with Gasteiger partial charge in [0.05, 0.1) is 0 Å². The Hall–Kier alpha value is -1.65. The second-order valence-corrected chi connectivity index (χ2v) is 4.22. The Bertz CT molecular complexity index is 391. The summed E-state index contributed by atoms with van der Waals surface area (Å²) in [5.74, 6) is 0.247. The molecule has 5 nitrogen and oxygen atoms in total. The van der Waals surface area contributed by atoms with Crippen LogP contribution >= 0.6 is 0 Å². The van der Waals surface area contributed by atoms with Gasteiger partial charge in [0.25, 0.3) is 0 Å². The van der Waals surface area contributed by atoms with Crippen molar-refractivity contribution in [2.24, 2.45) is 5.92 Å². The molecule has 1 fully saturated rings. The summed E-state index contributed by atoms with van der Waals surface area (Å²) in [6.07, 6.45) is 5.05. The standard InChI is InChI=1S/C11H15N3O2/c1-7(8-3-2-4-8)14-10-5-9(11(15)16)12-6-13-10/h5-8H,2-4H2,1H3,(H,15,16)(H,12,13,14). The number of carbonyl (C=O) groups is 1. The maximum Gasteiger partial charge on any atom is 0.354 e. The van der Waals surface area contributed by atoms with Crippen LogP contribution in [0.4, 0.5) is 5.82 Å². The first-order chi connectivity index (χ1) is 7.66. The van der Waals surface area contributed by atoms with E-state index in [4.69, 9.17) is 5.11 Å². The van der Waals surface area contributed by atoms with Gasteiger partial charge in [-0.15, -0.1) is 0 Å². The number of hydrogen-bond acceptors (Lipinski definition) is 4. The summed E-state index contributed by atoms with van der Waals surface area (Å²) in [6.45, 7) is 2.10. The van der Waals surface area contributed by atoms with Gasteiger partial charge in [0.2, 0.25) is 0 Å². The predicted molar refractivity (Wildman–Crippen MR) is 59.4 cm³/mol. The number of nitrogens with one attached hydrogen (secondary N) is 1. The average molecular weight is 221 g/mol. The van der Waals surface area contributed by atoms with Crippen molar-refractivity contribution < 1.29 is 9.90 Å². The Morgan fingerprint density at radius 3 is 2.88 bits per heavy atom. The Morgan fingerprint density at radius 1 is 1.56 bits per heavy atom. The number of carboxylic acid groups (broad SMARTS) is 1. The highest BCUT2D eigenvalue weighted by Crippen LogP contribution is 2.30. The fourth-order valence-corrected chi connectivity index (χ4v) is 1.84. The minimum Gasteiger partial charge on any atom is -0.477 e. The molecule has 2 rings (SSSR count). The SMILES string of the molecule is CC(Nc1cc(C(=O)O)ncn1)C1CCC1. The second-order valence-electron chi connectivity index (χ2n) is 4.22. The summed E-state index contributed by atoms with van der Waals surface area (Å²) in [5, 5.41) is 12.0. The van der Waals surface area contributed by atoms with Crippen LogP contribution in [0.15, 0.2) is 12.4 Å². The normalized spacial score (nSPS) is 17.6. The molecule has 1 aromatic heterocycles. The Kier molecular flexibility index (Phi) is 3.03. The van der Waals surface area contributed by atoms with E-state index in [1.807, 2.05) is 0 Å².